The molecule has 0 heterocycles. The lowest BCUT2D eigenvalue weighted by Gasteiger charge is -2.32. The Bertz CT molecular complexity index is 596. The first-order chi connectivity index (χ1) is 11.1. The number of nitrogens with zero attached hydrogens (tertiary/aromatic N) is 1. The molecule has 0 aliphatic heterocycles. The van der Waals surface area contributed by atoms with Crippen LogP contribution in [-0.2, 0) is 9.53 Å². The molecule has 4 N–H and O–H groups in total. The summed E-state index contributed by atoms with van der Waals surface area (Å²) in [6, 6.07) is 5.14. The highest BCUT2D eigenvalue weighted by molar-refractivity contribution is 5.92. The zero-order chi connectivity index (χ0) is 18.5. The minimum atomic E-state index is -0.821. The molecular formula is C17H27N3O4. The second-order valence-electron chi connectivity index (χ2n) is 6.68. The van der Waals surface area contributed by atoms with Gasteiger partial charge in [0.15, 0.2) is 0 Å². The largest absolute Gasteiger partial charge is 0.495 e. The molecule has 1 aromatic rings. The third-order valence-corrected chi connectivity index (χ3v) is 3.75. The summed E-state index contributed by atoms with van der Waals surface area (Å²) >= 11 is 0. The average molecular weight is 337 g/mol. The summed E-state index contributed by atoms with van der Waals surface area (Å²) in [4.78, 5) is 24.7. The number of hydrogen-bond acceptors (Lipinski definition) is 5. The normalized spacial score (nSPS) is 12.4. The number of rotatable bonds is 6. The molecule has 1 aromatic carbocycles. The maximum absolute atomic E-state index is 12.0. The van der Waals surface area contributed by atoms with E-state index in [0.717, 1.165) is 0 Å². The molecule has 0 fully saturated rings. The van der Waals surface area contributed by atoms with Gasteiger partial charge in [-0.25, -0.2) is 4.79 Å². The van der Waals surface area contributed by atoms with Crippen molar-refractivity contribution in [2.24, 2.45) is 11.1 Å². The highest BCUT2D eigenvalue weighted by Gasteiger charge is 2.29. The molecule has 0 saturated heterocycles. The van der Waals surface area contributed by atoms with E-state index >= 15 is 0 Å². The Morgan fingerprint density at radius 3 is 2.38 bits per heavy atom. The van der Waals surface area contributed by atoms with Gasteiger partial charge < -0.3 is 25.8 Å². The van der Waals surface area contributed by atoms with Crippen LogP contribution in [0.15, 0.2) is 18.2 Å². The van der Waals surface area contributed by atoms with Crippen LogP contribution >= 0.6 is 0 Å². The average Bonchev–Trinajstić information content (AvgIpc) is 2.46. The van der Waals surface area contributed by atoms with Crippen LogP contribution in [0.1, 0.15) is 34.1 Å². The maximum atomic E-state index is 12.0. The summed E-state index contributed by atoms with van der Waals surface area (Å²) in [5.74, 6) is 0.369. The smallest absolute Gasteiger partial charge is 0.404 e. The number of ether oxygens (including phenoxy) is 2. The number of nitrogens with two attached hydrogens (primary N) is 2. The Kier molecular flexibility index (Phi) is 6.45. The van der Waals surface area contributed by atoms with Crippen LogP contribution in [0.3, 0.4) is 0 Å². The van der Waals surface area contributed by atoms with Crippen molar-refractivity contribution in [2.45, 2.75) is 40.2 Å². The van der Waals surface area contributed by atoms with Gasteiger partial charge in [-0.2, -0.15) is 0 Å². The van der Waals surface area contributed by atoms with Crippen molar-refractivity contribution < 1.29 is 19.1 Å². The third kappa shape index (κ3) is 5.33. The van der Waals surface area contributed by atoms with E-state index in [1.54, 1.807) is 23.1 Å². The van der Waals surface area contributed by atoms with Crippen molar-refractivity contribution in [3.05, 3.63) is 18.2 Å². The summed E-state index contributed by atoms with van der Waals surface area (Å²) in [5, 5.41) is 0. The van der Waals surface area contributed by atoms with E-state index in [9.17, 15) is 9.59 Å². The van der Waals surface area contributed by atoms with Crippen molar-refractivity contribution in [1.29, 1.82) is 0 Å². The molecule has 7 heteroatoms. The molecule has 1 rings (SSSR count). The van der Waals surface area contributed by atoms with E-state index < -0.39 is 12.2 Å². The van der Waals surface area contributed by atoms with E-state index in [-0.39, 0.29) is 11.3 Å². The standard InChI is InChI=1S/C17H27N3O4/c1-11(21)20(12-6-7-13(18)14(10-12)23-5)9-8-15(17(2,3)4)24-16(19)22/h6-7,10,15H,8-9,18H2,1-5H3,(H2,19,22). The van der Waals surface area contributed by atoms with Crippen molar-refractivity contribution in [2.75, 3.05) is 24.3 Å². The van der Waals surface area contributed by atoms with Gasteiger partial charge in [-0.05, 0) is 17.5 Å². The third-order valence-electron chi connectivity index (χ3n) is 3.75. The van der Waals surface area contributed by atoms with Crippen molar-refractivity contribution in [3.8, 4) is 5.75 Å². The summed E-state index contributed by atoms with van der Waals surface area (Å²) in [7, 11) is 1.52. The van der Waals surface area contributed by atoms with Crippen LogP contribution in [0.25, 0.3) is 0 Å². The SMILES string of the molecule is COc1cc(N(CCC(OC(N)=O)C(C)(C)C)C(C)=O)ccc1N. The molecule has 2 amide bonds. The van der Waals surface area contributed by atoms with Crippen LogP contribution < -0.4 is 21.1 Å². The first-order valence-corrected chi connectivity index (χ1v) is 7.74. The van der Waals surface area contributed by atoms with Crippen LogP contribution in [-0.4, -0.2) is 31.8 Å². The summed E-state index contributed by atoms with van der Waals surface area (Å²) in [5.41, 5.74) is 11.8. The highest BCUT2D eigenvalue weighted by atomic mass is 16.6. The molecule has 1 atom stereocenters. The Balaban J connectivity index is 2.97. The van der Waals surface area contributed by atoms with Gasteiger partial charge in [0.2, 0.25) is 5.91 Å². The molecule has 0 bridgehead atoms. The van der Waals surface area contributed by atoms with Gasteiger partial charge in [-0.1, -0.05) is 20.8 Å². The van der Waals surface area contributed by atoms with E-state index in [0.29, 0.717) is 30.1 Å². The molecule has 0 radical (unpaired) electrons. The molecule has 24 heavy (non-hydrogen) atoms. The van der Waals surface area contributed by atoms with Gasteiger partial charge in [0.05, 0.1) is 12.8 Å². The molecule has 0 aliphatic carbocycles. The first-order valence-electron chi connectivity index (χ1n) is 7.74. The Labute approximate surface area is 142 Å². The predicted octanol–water partition coefficient (Wildman–Crippen LogP) is 2.53. The molecule has 7 nitrogen and oxygen atoms in total. The van der Waals surface area contributed by atoms with Crippen LogP contribution in [0.5, 0.6) is 5.75 Å². The Hall–Kier alpha value is -2.44. The van der Waals surface area contributed by atoms with E-state index in [1.165, 1.54) is 14.0 Å². The van der Waals surface area contributed by atoms with Gasteiger partial charge in [0.25, 0.3) is 0 Å². The Morgan fingerprint density at radius 1 is 1.29 bits per heavy atom. The van der Waals surface area contributed by atoms with E-state index in [2.05, 4.69) is 0 Å². The Morgan fingerprint density at radius 2 is 1.92 bits per heavy atom. The number of primary amides is 1. The minimum absolute atomic E-state index is 0.131. The monoisotopic (exact) mass is 337 g/mol. The number of methoxy groups -OCH3 is 1. The number of carbonyl (C=O) groups is 2. The van der Waals surface area contributed by atoms with Gasteiger partial charge in [0, 0.05) is 31.6 Å². The molecule has 0 aliphatic rings. The zero-order valence-corrected chi connectivity index (χ0v) is 15.0. The molecule has 134 valence electrons. The van der Waals surface area contributed by atoms with Gasteiger partial charge >= 0.3 is 6.09 Å². The summed E-state index contributed by atoms with van der Waals surface area (Å²) in [6.07, 6.45) is -0.774. The fraction of sp³-hybridized carbons (Fsp3) is 0.529. The van der Waals surface area contributed by atoms with E-state index in [1.807, 2.05) is 20.8 Å². The van der Waals surface area contributed by atoms with Crippen molar-refractivity contribution in [1.82, 2.24) is 0 Å². The lowest BCUT2D eigenvalue weighted by molar-refractivity contribution is -0.116. The first kappa shape index (κ1) is 19.6. The van der Waals surface area contributed by atoms with Crippen LogP contribution in [0, 0.1) is 5.41 Å². The van der Waals surface area contributed by atoms with Gasteiger partial charge in [-0.3, -0.25) is 4.79 Å². The lowest BCUT2D eigenvalue weighted by atomic mass is 9.87. The predicted molar refractivity (Wildman–Crippen MR) is 94.0 cm³/mol. The second kappa shape index (κ2) is 7.90. The molecule has 0 spiro atoms. The quantitative estimate of drug-likeness (QED) is 0.776. The minimum Gasteiger partial charge on any atom is -0.495 e. The maximum Gasteiger partial charge on any atom is 0.404 e. The second-order valence-corrected chi connectivity index (χ2v) is 6.68. The topological polar surface area (TPSA) is 108 Å². The number of benzene rings is 1. The zero-order valence-electron chi connectivity index (χ0n) is 15.0. The van der Waals surface area contributed by atoms with Gasteiger partial charge in [-0.15, -0.1) is 0 Å². The number of nitrogen functional groups attached to an aromatic ring is 1. The fourth-order valence-corrected chi connectivity index (χ4v) is 2.39. The van der Waals surface area contributed by atoms with E-state index in [4.69, 9.17) is 20.9 Å². The number of amides is 2. The van der Waals surface area contributed by atoms with Gasteiger partial charge in [0.1, 0.15) is 11.9 Å². The number of carbonyl (C=O) groups excluding carboxylic acids is 2. The molecule has 0 saturated carbocycles. The summed E-state index contributed by atoms with van der Waals surface area (Å²) in [6.45, 7) is 7.70. The van der Waals surface area contributed by atoms with Crippen molar-refractivity contribution >= 4 is 23.4 Å². The highest BCUT2D eigenvalue weighted by Crippen LogP contribution is 2.29. The fourth-order valence-electron chi connectivity index (χ4n) is 2.39. The van der Waals surface area contributed by atoms with Crippen molar-refractivity contribution in [3.63, 3.8) is 0 Å². The number of anilines is 2. The molecule has 0 aromatic heterocycles. The molecular weight excluding hydrogens is 310 g/mol. The van der Waals surface area contributed by atoms with Crippen LogP contribution in [0.4, 0.5) is 16.2 Å². The number of hydrogen-bond donors (Lipinski definition) is 2. The van der Waals surface area contributed by atoms with Crippen LogP contribution in [0.2, 0.25) is 0 Å². The summed E-state index contributed by atoms with van der Waals surface area (Å²) < 4.78 is 10.4. The lowest BCUT2D eigenvalue weighted by Crippen LogP contribution is -2.38. The molecule has 1 unspecified atom stereocenters.